The van der Waals surface area contributed by atoms with Crippen LogP contribution in [-0.2, 0) is 20.9 Å². The number of nitrogens with zero attached hydrogens (tertiary/aromatic N) is 1. The second-order valence-electron chi connectivity index (χ2n) is 3.84. The zero-order chi connectivity index (χ0) is 14.7. The van der Waals surface area contributed by atoms with Crippen LogP contribution in [0.2, 0.25) is 0 Å². The molecular formula is C11H14F3NO3S. The molecule has 0 saturated carbocycles. The highest BCUT2D eigenvalue weighted by Crippen LogP contribution is 2.30. The second-order valence-corrected chi connectivity index (χ2v) is 5.89. The number of ether oxygens (including phenoxy) is 1. The summed E-state index contributed by atoms with van der Waals surface area (Å²) in [6.07, 6.45) is -4.48. The van der Waals surface area contributed by atoms with Crippen LogP contribution >= 0.6 is 0 Å². The van der Waals surface area contributed by atoms with Crippen molar-refractivity contribution < 1.29 is 26.3 Å². The predicted octanol–water partition coefficient (Wildman–Crippen LogP) is 1.97. The van der Waals surface area contributed by atoms with Crippen molar-refractivity contribution in [3.8, 4) is 0 Å². The number of methoxy groups -OCH3 is 1. The van der Waals surface area contributed by atoms with Crippen molar-refractivity contribution in [2.24, 2.45) is 0 Å². The van der Waals surface area contributed by atoms with Crippen molar-refractivity contribution in [2.75, 3.05) is 27.3 Å². The van der Waals surface area contributed by atoms with E-state index in [-0.39, 0.29) is 18.0 Å². The minimum Gasteiger partial charge on any atom is -0.383 e. The standard InChI is InChI=1S/C11H14F3NO3S/c1-15(7-8-18-2)19(16,17)10-5-3-9(4-6-10)11(12,13)14/h3-6H,7-8H2,1-2H3. The highest BCUT2D eigenvalue weighted by molar-refractivity contribution is 7.89. The lowest BCUT2D eigenvalue weighted by molar-refractivity contribution is -0.137. The SMILES string of the molecule is COCCN(C)S(=O)(=O)c1ccc(C(F)(F)F)cc1. The zero-order valence-electron chi connectivity index (χ0n) is 10.4. The molecule has 0 atom stereocenters. The molecule has 0 saturated heterocycles. The van der Waals surface area contributed by atoms with Gasteiger partial charge in [0.25, 0.3) is 0 Å². The van der Waals surface area contributed by atoms with E-state index >= 15 is 0 Å². The van der Waals surface area contributed by atoms with Gasteiger partial charge >= 0.3 is 6.18 Å². The van der Waals surface area contributed by atoms with Crippen LogP contribution in [0.1, 0.15) is 5.56 Å². The summed E-state index contributed by atoms with van der Waals surface area (Å²) in [5, 5.41) is 0. The molecule has 0 unspecified atom stereocenters. The molecule has 1 rings (SSSR count). The van der Waals surface area contributed by atoms with Gasteiger partial charge in [-0.15, -0.1) is 0 Å². The summed E-state index contributed by atoms with van der Waals surface area (Å²) >= 11 is 0. The van der Waals surface area contributed by atoms with Gasteiger partial charge in [-0.1, -0.05) is 0 Å². The van der Waals surface area contributed by atoms with Gasteiger partial charge in [-0.05, 0) is 24.3 Å². The van der Waals surface area contributed by atoms with Gasteiger partial charge in [0, 0.05) is 20.7 Å². The lowest BCUT2D eigenvalue weighted by Crippen LogP contribution is -2.30. The predicted molar refractivity (Wildman–Crippen MR) is 63.1 cm³/mol. The van der Waals surface area contributed by atoms with Crippen molar-refractivity contribution in [1.29, 1.82) is 0 Å². The fraction of sp³-hybridized carbons (Fsp3) is 0.455. The molecule has 0 radical (unpaired) electrons. The maximum absolute atomic E-state index is 12.4. The maximum Gasteiger partial charge on any atom is 0.416 e. The van der Waals surface area contributed by atoms with Crippen LogP contribution in [-0.4, -0.2) is 40.0 Å². The van der Waals surface area contributed by atoms with Crippen LogP contribution in [0.4, 0.5) is 13.2 Å². The Morgan fingerprint density at radius 1 is 1.21 bits per heavy atom. The van der Waals surface area contributed by atoms with E-state index in [1.54, 1.807) is 0 Å². The van der Waals surface area contributed by atoms with Gasteiger partial charge in [-0.25, -0.2) is 8.42 Å². The quantitative estimate of drug-likeness (QED) is 0.835. The van der Waals surface area contributed by atoms with E-state index in [0.717, 1.165) is 28.6 Å². The molecule has 1 aromatic rings. The van der Waals surface area contributed by atoms with E-state index in [4.69, 9.17) is 4.74 Å². The fourth-order valence-electron chi connectivity index (χ4n) is 1.34. The number of halogens is 3. The van der Waals surface area contributed by atoms with Gasteiger partial charge in [0.2, 0.25) is 10.0 Å². The third-order valence-corrected chi connectivity index (χ3v) is 4.37. The first-order valence-electron chi connectivity index (χ1n) is 5.32. The van der Waals surface area contributed by atoms with Crippen molar-refractivity contribution in [3.05, 3.63) is 29.8 Å². The zero-order valence-corrected chi connectivity index (χ0v) is 11.3. The Bertz CT molecular complexity index is 511. The molecule has 0 fully saturated rings. The Kier molecular flexibility index (Phi) is 4.94. The summed E-state index contributed by atoms with van der Waals surface area (Å²) in [6, 6.07) is 3.39. The Morgan fingerprint density at radius 3 is 2.16 bits per heavy atom. The van der Waals surface area contributed by atoms with Crippen molar-refractivity contribution in [3.63, 3.8) is 0 Å². The number of rotatable bonds is 5. The molecule has 0 aliphatic heterocycles. The molecule has 108 valence electrons. The lowest BCUT2D eigenvalue weighted by atomic mass is 10.2. The fourth-order valence-corrected chi connectivity index (χ4v) is 2.49. The third kappa shape index (κ3) is 3.92. The van der Waals surface area contributed by atoms with Crippen LogP contribution < -0.4 is 0 Å². The summed E-state index contributed by atoms with van der Waals surface area (Å²) in [6.45, 7) is 0.330. The first-order chi connectivity index (χ1) is 8.69. The Hall–Kier alpha value is -1.12. The second kappa shape index (κ2) is 5.89. The van der Waals surface area contributed by atoms with Crippen LogP contribution in [0.3, 0.4) is 0 Å². The largest absolute Gasteiger partial charge is 0.416 e. The normalized spacial score (nSPS) is 12.9. The Morgan fingerprint density at radius 2 is 1.74 bits per heavy atom. The third-order valence-electron chi connectivity index (χ3n) is 2.50. The van der Waals surface area contributed by atoms with Crippen LogP contribution in [0, 0.1) is 0 Å². The van der Waals surface area contributed by atoms with Gasteiger partial charge in [0.05, 0.1) is 17.1 Å². The van der Waals surface area contributed by atoms with Crippen LogP contribution in [0.25, 0.3) is 0 Å². The summed E-state index contributed by atoms with van der Waals surface area (Å²) in [5.41, 5.74) is -0.883. The van der Waals surface area contributed by atoms with E-state index in [2.05, 4.69) is 0 Å². The maximum atomic E-state index is 12.4. The number of benzene rings is 1. The molecular weight excluding hydrogens is 283 g/mol. The minimum atomic E-state index is -4.48. The van der Waals surface area contributed by atoms with Crippen molar-refractivity contribution >= 4 is 10.0 Å². The molecule has 1 aromatic carbocycles. The van der Waals surface area contributed by atoms with Crippen molar-refractivity contribution in [2.45, 2.75) is 11.1 Å². The first kappa shape index (κ1) is 15.9. The number of likely N-dealkylation sites (N-methyl/N-ethyl adjacent to an activating group) is 1. The van der Waals surface area contributed by atoms with Crippen molar-refractivity contribution in [1.82, 2.24) is 4.31 Å². The van der Waals surface area contributed by atoms with E-state index < -0.39 is 21.8 Å². The van der Waals surface area contributed by atoms with E-state index in [9.17, 15) is 21.6 Å². The number of alkyl halides is 3. The number of hydrogen-bond donors (Lipinski definition) is 0. The molecule has 0 aliphatic carbocycles. The molecule has 0 amide bonds. The van der Waals surface area contributed by atoms with Crippen LogP contribution in [0.5, 0.6) is 0 Å². The molecule has 19 heavy (non-hydrogen) atoms. The van der Waals surface area contributed by atoms with Crippen LogP contribution in [0.15, 0.2) is 29.2 Å². The van der Waals surface area contributed by atoms with Gasteiger partial charge in [-0.3, -0.25) is 0 Å². The number of sulfonamides is 1. The summed E-state index contributed by atoms with van der Waals surface area (Å²) in [5.74, 6) is 0. The van der Waals surface area contributed by atoms with Gasteiger partial charge in [0.15, 0.2) is 0 Å². The van der Waals surface area contributed by atoms with Gasteiger partial charge in [0.1, 0.15) is 0 Å². The molecule has 0 heterocycles. The van der Waals surface area contributed by atoms with E-state index in [0.29, 0.717) is 0 Å². The van der Waals surface area contributed by atoms with E-state index in [1.165, 1.54) is 14.2 Å². The molecule has 0 spiro atoms. The van der Waals surface area contributed by atoms with E-state index in [1.807, 2.05) is 0 Å². The molecule has 4 nitrogen and oxygen atoms in total. The Labute approximate surface area is 109 Å². The number of hydrogen-bond acceptors (Lipinski definition) is 3. The summed E-state index contributed by atoms with van der Waals surface area (Å²) in [7, 11) is -1.02. The average Bonchev–Trinajstić information content (AvgIpc) is 2.35. The summed E-state index contributed by atoms with van der Waals surface area (Å²) < 4.78 is 66.9. The molecule has 0 N–H and O–H groups in total. The first-order valence-corrected chi connectivity index (χ1v) is 6.76. The molecule has 0 aromatic heterocycles. The molecule has 0 bridgehead atoms. The van der Waals surface area contributed by atoms with Gasteiger partial charge in [-0.2, -0.15) is 17.5 Å². The highest BCUT2D eigenvalue weighted by Gasteiger charge is 2.31. The highest BCUT2D eigenvalue weighted by atomic mass is 32.2. The lowest BCUT2D eigenvalue weighted by Gasteiger charge is -2.17. The summed E-state index contributed by atoms with van der Waals surface area (Å²) in [4.78, 5) is -0.181. The monoisotopic (exact) mass is 297 g/mol. The molecule has 0 aliphatic rings. The Balaban J connectivity index is 2.97. The molecule has 8 heteroatoms. The average molecular weight is 297 g/mol. The van der Waals surface area contributed by atoms with Gasteiger partial charge < -0.3 is 4.74 Å². The smallest absolute Gasteiger partial charge is 0.383 e. The topological polar surface area (TPSA) is 46.6 Å². The minimum absolute atomic E-state index is 0.125.